The van der Waals surface area contributed by atoms with Crippen LogP contribution < -0.4 is 10.6 Å². The van der Waals surface area contributed by atoms with Crippen molar-refractivity contribution in [2.45, 2.75) is 16.9 Å². The highest BCUT2D eigenvalue weighted by atomic mass is 79.9. The molecule has 9 heteroatoms. The van der Waals surface area contributed by atoms with Gasteiger partial charge >= 0.3 is 0 Å². The zero-order chi connectivity index (χ0) is 25.9. The third kappa shape index (κ3) is 5.84. The van der Waals surface area contributed by atoms with Crippen LogP contribution in [-0.4, -0.2) is 11.0 Å². The zero-order valence-corrected chi connectivity index (χ0v) is 24.8. The Morgan fingerprint density at radius 1 is 0.946 bits per heavy atom. The zero-order valence-electron chi connectivity index (χ0n) is 19.2. The Balaban J connectivity index is 1.48. The number of amides is 1. The van der Waals surface area contributed by atoms with E-state index in [0.29, 0.717) is 16.1 Å². The maximum Gasteiger partial charge on any atom is 0.257 e. The van der Waals surface area contributed by atoms with Crippen LogP contribution in [0.5, 0.6) is 0 Å². The van der Waals surface area contributed by atoms with E-state index in [-0.39, 0.29) is 21.5 Å². The number of nitriles is 1. The summed E-state index contributed by atoms with van der Waals surface area (Å²) in [6.07, 6.45) is 0.735. The Bertz CT molecular complexity index is 1500. The number of nitrogens with zero attached hydrogens (tertiary/aromatic N) is 1. The van der Waals surface area contributed by atoms with Gasteiger partial charge in [0.25, 0.3) is 5.91 Å². The van der Waals surface area contributed by atoms with Crippen LogP contribution in [0.4, 0.5) is 5.00 Å². The summed E-state index contributed by atoms with van der Waals surface area (Å²) in [5.41, 5.74) is 4.53. The minimum atomic E-state index is -0.295. The lowest BCUT2D eigenvalue weighted by molar-refractivity contribution is 0.0977. The average molecular weight is 669 g/mol. The number of nitrogens with one attached hydrogen (secondary N) is 2. The average Bonchev–Trinajstić information content (AvgIpc) is 3.26. The summed E-state index contributed by atoms with van der Waals surface area (Å²) in [6, 6.07) is 28.0. The molecule has 4 aromatic rings. The second-order valence-corrected chi connectivity index (χ2v) is 13.0. The van der Waals surface area contributed by atoms with Crippen molar-refractivity contribution < 1.29 is 4.79 Å². The molecule has 0 saturated heterocycles. The van der Waals surface area contributed by atoms with Crippen LogP contribution >= 0.6 is 67.2 Å². The number of thioether (sulfide) groups is 1. The number of carbonyl (C=O) groups excluding carboxylic acids is 1. The first-order chi connectivity index (χ1) is 17.9. The smallest absolute Gasteiger partial charge is 0.257 e. The topological polar surface area (TPSA) is 64.9 Å². The number of halogens is 2. The van der Waals surface area contributed by atoms with Crippen LogP contribution in [0.3, 0.4) is 0 Å². The molecule has 1 aliphatic heterocycles. The number of carbonyl (C=O) groups is 1. The molecule has 3 aromatic carbocycles. The molecule has 0 bridgehead atoms. The van der Waals surface area contributed by atoms with Crippen molar-refractivity contribution in [3.05, 3.63) is 121 Å². The van der Waals surface area contributed by atoms with Gasteiger partial charge in [0.05, 0.1) is 10.8 Å². The number of anilines is 1. The third-order valence-corrected chi connectivity index (χ3v) is 10.2. The molecule has 1 amide bonds. The third-order valence-electron chi connectivity index (χ3n) is 5.98. The Morgan fingerprint density at radius 3 is 2.19 bits per heavy atom. The van der Waals surface area contributed by atoms with E-state index in [4.69, 9.17) is 12.2 Å². The van der Waals surface area contributed by atoms with Gasteiger partial charge in [-0.3, -0.25) is 10.1 Å². The van der Waals surface area contributed by atoms with Crippen molar-refractivity contribution in [2.75, 3.05) is 5.32 Å². The van der Waals surface area contributed by atoms with Gasteiger partial charge in [0, 0.05) is 24.6 Å². The second-order valence-electron chi connectivity index (χ2n) is 8.35. The lowest BCUT2D eigenvalue weighted by atomic mass is 9.97. The van der Waals surface area contributed by atoms with Crippen molar-refractivity contribution in [1.29, 1.82) is 5.26 Å². The molecule has 0 spiro atoms. The van der Waals surface area contributed by atoms with Crippen molar-refractivity contribution in [2.24, 2.45) is 0 Å². The van der Waals surface area contributed by atoms with E-state index in [1.807, 2.05) is 30.0 Å². The largest absolute Gasteiger partial charge is 0.323 e. The number of rotatable bonds is 4. The first-order valence-electron chi connectivity index (χ1n) is 11.3. The summed E-state index contributed by atoms with van der Waals surface area (Å²) in [6.45, 7) is 0. The van der Waals surface area contributed by atoms with E-state index in [2.05, 4.69) is 85.0 Å². The van der Waals surface area contributed by atoms with Crippen molar-refractivity contribution in [3.63, 3.8) is 0 Å². The fraction of sp³-hybridized carbons (Fsp3) is 0.107. The lowest BCUT2D eigenvalue weighted by Crippen LogP contribution is -2.34. The highest BCUT2D eigenvalue weighted by Crippen LogP contribution is 2.56. The predicted octanol–water partition coefficient (Wildman–Crippen LogP) is 8.39. The summed E-state index contributed by atoms with van der Waals surface area (Å²) in [5.74, 6) is -0.295. The molecule has 1 aliphatic rings. The van der Waals surface area contributed by atoms with E-state index in [1.165, 1.54) is 22.5 Å². The molecule has 5 rings (SSSR count). The van der Waals surface area contributed by atoms with Crippen LogP contribution in [-0.2, 0) is 6.42 Å². The molecule has 0 fully saturated rings. The number of fused-ring (bicyclic) bond motifs is 1. The summed E-state index contributed by atoms with van der Waals surface area (Å²) >= 11 is 15.9. The van der Waals surface area contributed by atoms with Gasteiger partial charge in [-0.25, -0.2) is 0 Å². The van der Waals surface area contributed by atoms with Crippen molar-refractivity contribution >= 4 is 83.2 Å². The quantitative estimate of drug-likeness (QED) is 0.214. The van der Waals surface area contributed by atoms with E-state index in [0.717, 1.165) is 25.8 Å². The van der Waals surface area contributed by atoms with Gasteiger partial charge in [-0.15, -0.1) is 23.1 Å². The molecule has 4 nitrogen and oxygen atoms in total. The number of thiophene rings is 1. The Labute approximate surface area is 245 Å². The molecule has 1 aromatic heterocycles. The number of hydrogen-bond donors (Lipinski definition) is 2. The first kappa shape index (κ1) is 26.1. The molecule has 2 heterocycles. The molecule has 37 heavy (non-hydrogen) atoms. The fourth-order valence-corrected chi connectivity index (χ4v) is 7.98. The SMILES string of the molecule is N#Cc1c(NC(=S)NC(=O)c2ccccc2)sc2c1C[C@@H](c1ccc(Br)cc1)S[C@@H]2c1ccc(Br)cc1. The maximum atomic E-state index is 12.6. The monoisotopic (exact) mass is 667 g/mol. The van der Waals surface area contributed by atoms with Crippen LogP contribution in [0.2, 0.25) is 0 Å². The van der Waals surface area contributed by atoms with E-state index >= 15 is 0 Å². The maximum absolute atomic E-state index is 12.6. The van der Waals surface area contributed by atoms with Gasteiger partial charge in [0.2, 0.25) is 0 Å². The van der Waals surface area contributed by atoms with E-state index in [1.54, 1.807) is 24.3 Å². The Hall–Kier alpha value is -2.48. The van der Waals surface area contributed by atoms with Gasteiger partial charge in [-0.2, -0.15) is 5.26 Å². The van der Waals surface area contributed by atoms with Gasteiger partial charge < -0.3 is 5.32 Å². The van der Waals surface area contributed by atoms with E-state index < -0.39 is 0 Å². The summed E-state index contributed by atoms with van der Waals surface area (Å²) in [5, 5.41) is 17.1. The highest BCUT2D eigenvalue weighted by Gasteiger charge is 2.35. The fourth-order valence-electron chi connectivity index (χ4n) is 4.20. The second kappa shape index (κ2) is 11.5. The number of benzene rings is 3. The first-order valence-corrected chi connectivity index (χ1v) is 15.1. The lowest BCUT2D eigenvalue weighted by Gasteiger charge is -2.30. The van der Waals surface area contributed by atoms with Crippen LogP contribution in [0.15, 0.2) is 87.8 Å². The summed E-state index contributed by atoms with van der Waals surface area (Å²) in [4.78, 5) is 13.7. The Morgan fingerprint density at radius 2 is 1.57 bits per heavy atom. The van der Waals surface area contributed by atoms with Crippen LogP contribution in [0, 0.1) is 11.3 Å². The number of thiocarbonyl (C=S) groups is 1. The van der Waals surface area contributed by atoms with Gasteiger partial charge in [0.1, 0.15) is 11.1 Å². The molecule has 0 saturated carbocycles. The van der Waals surface area contributed by atoms with Crippen molar-refractivity contribution in [3.8, 4) is 6.07 Å². The van der Waals surface area contributed by atoms with Crippen LogP contribution in [0.1, 0.15) is 48.0 Å². The molecule has 0 aliphatic carbocycles. The summed E-state index contributed by atoms with van der Waals surface area (Å²) in [7, 11) is 0. The molecule has 2 N–H and O–H groups in total. The minimum absolute atomic E-state index is 0.0608. The summed E-state index contributed by atoms with van der Waals surface area (Å²) < 4.78 is 2.06. The van der Waals surface area contributed by atoms with Crippen molar-refractivity contribution in [1.82, 2.24) is 5.32 Å². The molecule has 0 radical (unpaired) electrons. The Kier molecular flexibility index (Phi) is 8.12. The van der Waals surface area contributed by atoms with Gasteiger partial charge in [0.15, 0.2) is 5.11 Å². The molecular weight excluding hydrogens is 650 g/mol. The molecule has 2 atom stereocenters. The standard InChI is InChI=1S/C28H19Br2N3OS3/c29-19-10-6-16(7-11-19)23-14-21-22(15-31)27(33-28(35)32-26(34)18-4-2-1-3-5-18)37-25(21)24(36-23)17-8-12-20(30)13-9-17/h1-13,23-24H,14H2,(H2,32,33,34,35)/t23-,24+/m0/s1. The number of hydrogen-bond acceptors (Lipinski definition) is 5. The normalized spacial score (nSPS) is 16.4. The highest BCUT2D eigenvalue weighted by molar-refractivity contribution is 9.10. The minimum Gasteiger partial charge on any atom is -0.323 e. The molecule has 0 unspecified atom stereocenters. The predicted molar refractivity (Wildman–Crippen MR) is 163 cm³/mol. The van der Waals surface area contributed by atoms with Gasteiger partial charge in [-0.1, -0.05) is 74.3 Å². The molecular formula is C28H19Br2N3OS3. The molecule has 184 valence electrons. The van der Waals surface area contributed by atoms with E-state index in [9.17, 15) is 10.1 Å². The van der Waals surface area contributed by atoms with Crippen LogP contribution in [0.25, 0.3) is 0 Å². The van der Waals surface area contributed by atoms with Gasteiger partial charge in [-0.05, 0) is 71.7 Å².